The molecule has 0 heterocycles. The van der Waals surface area contributed by atoms with Crippen molar-refractivity contribution in [1.82, 2.24) is 15.7 Å². The fourth-order valence-corrected chi connectivity index (χ4v) is 3.21. The van der Waals surface area contributed by atoms with Gasteiger partial charge in [-0.05, 0) is 47.4 Å². The Morgan fingerprint density at radius 2 is 1.59 bits per heavy atom. The van der Waals surface area contributed by atoms with Crippen LogP contribution in [0.1, 0.15) is 27.0 Å². The minimum absolute atomic E-state index is 0.184. The standard InChI is InChI=1S/C26H24FN3O4/c27-23-9-5-4-6-21(23)16-17-30(26(33)28-25(32)22-7-2-1-3-8-22)18-20-12-10-19(11-13-20)14-15-24(31)29-34/h1-15,34H,16-18H2,(H,29,31)(H,28,32,33). The van der Waals surface area contributed by atoms with E-state index in [1.807, 2.05) is 0 Å². The minimum atomic E-state index is -0.650. The fourth-order valence-electron chi connectivity index (χ4n) is 3.21. The van der Waals surface area contributed by atoms with E-state index in [1.54, 1.807) is 72.8 Å². The van der Waals surface area contributed by atoms with Crippen LogP contribution in [0, 0.1) is 5.82 Å². The van der Waals surface area contributed by atoms with Gasteiger partial charge in [0.15, 0.2) is 0 Å². The Morgan fingerprint density at radius 3 is 2.26 bits per heavy atom. The van der Waals surface area contributed by atoms with Crippen LogP contribution in [-0.2, 0) is 17.8 Å². The zero-order valence-corrected chi connectivity index (χ0v) is 18.3. The Balaban J connectivity index is 1.73. The number of imide groups is 1. The monoisotopic (exact) mass is 461 g/mol. The number of carbonyl (C=O) groups excluding carboxylic acids is 3. The molecule has 4 amide bonds. The lowest BCUT2D eigenvalue weighted by molar-refractivity contribution is -0.124. The van der Waals surface area contributed by atoms with E-state index in [9.17, 15) is 18.8 Å². The van der Waals surface area contributed by atoms with Gasteiger partial charge in [-0.25, -0.2) is 14.7 Å². The Bertz CT molecular complexity index is 1160. The van der Waals surface area contributed by atoms with Crippen molar-refractivity contribution in [2.24, 2.45) is 0 Å². The molecule has 0 saturated carbocycles. The van der Waals surface area contributed by atoms with Gasteiger partial charge in [0.2, 0.25) is 0 Å². The van der Waals surface area contributed by atoms with Gasteiger partial charge in [0.05, 0.1) is 0 Å². The minimum Gasteiger partial charge on any atom is -0.320 e. The molecule has 3 rings (SSSR count). The van der Waals surface area contributed by atoms with Crippen LogP contribution in [0.2, 0.25) is 0 Å². The lowest BCUT2D eigenvalue weighted by atomic mass is 10.1. The summed E-state index contributed by atoms with van der Waals surface area (Å²) in [5.74, 6) is -1.53. The molecule has 0 aliphatic carbocycles. The molecule has 0 fully saturated rings. The molecule has 34 heavy (non-hydrogen) atoms. The number of nitrogens with zero attached hydrogens (tertiary/aromatic N) is 1. The fraction of sp³-hybridized carbons (Fsp3) is 0.115. The van der Waals surface area contributed by atoms with Crippen LogP contribution in [-0.4, -0.2) is 34.5 Å². The first-order chi connectivity index (χ1) is 16.5. The van der Waals surface area contributed by atoms with Gasteiger partial charge >= 0.3 is 6.03 Å². The first-order valence-corrected chi connectivity index (χ1v) is 10.6. The van der Waals surface area contributed by atoms with Gasteiger partial charge in [0.1, 0.15) is 5.82 Å². The average molecular weight is 461 g/mol. The number of urea groups is 1. The van der Waals surface area contributed by atoms with E-state index in [0.29, 0.717) is 16.7 Å². The number of carbonyl (C=O) groups is 3. The highest BCUT2D eigenvalue weighted by Crippen LogP contribution is 2.13. The van der Waals surface area contributed by atoms with E-state index in [2.05, 4.69) is 5.32 Å². The van der Waals surface area contributed by atoms with Gasteiger partial charge in [-0.15, -0.1) is 0 Å². The number of halogens is 1. The molecule has 0 bridgehead atoms. The maximum Gasteiger partial charge on any atom is 0.324 e. The Morgan fingerprint density at radius 1 is 0.912 bits per heavy atom. The first kappa shape index (κ1) is 24.3. The Labute approximate surface area is 196 Å². The van der Waals surface area contributed by atoms with Crippen molar-refractivity contribution in [3.05, 3.63) is 113 Å². The van der Waals surface area contributed by atoms with Crippen molar-refractivity contribution in [3.8, 4) is 0 Å². The number of rotatable bonds is 8. The van der Waals surface area contributed by atoms with Crippen molar-refractivity contribution < 1.29 is 24.0 Å². The number of hydrogen-bond donors (Lipinski definition) is 3. The molecule has 0 atom stereocenters. The second-order valence-corrected chi connectivity index (χ2v) is 7.44. The molecular formula is C26H24FN3O4. The normalized spacial score (nSPS) is 10.6. The highest BCUT2D eigenvalue weighted by molar-refractivity contribution is 6.04. The molecule has 3 aromatic carbocycles. The average Bonchev–Trinajstić information content (AvgIpc) is 2.87. The summed E-state index contributed by atoms with van der Waals surface area (Å²) >= 11 is 0. The summed E-state index contributed by atoms with van der Waals surface area (Å²) in [5.41, 5.74) is 3.83. The van der Waals surface area contributed by atoms with E-state index >= 15 is 0 Å². The molecule has 8 heteroatoms. The van der Waals surface area contributed by atoms with Crippen LogP contribution in [0.4, 0.5) is 9.18 Å². The van der Waals surface area contributed by atoms with Crippen LogP contribution >= 0.6 is 0 Å². The first-order valence-electron chi connectivity index (χ1n) is 10.6. The molecule has 0 saturated heterocycles. The van der Waals surface area contributed by atoms with Crippen molar-refractivity contribution in [3.63, 3.8) is 0 Å². The third-order valence-electron chi connectivity index (χ3n) is 5.04. The van der Waals surface area contributed by atoms with Crippen LogP contribution in [0.5, 0.6) is 0 Å². The lowest BCUT2D eigenvalue weighted by Gasteiger charge is -2.23. The molecule has 174 valence electrons. The predicted molar refractivity (Wildman–Crippen MR) is 125 cm³/mol. The molecule has 0 radical (unpaired) electrons. The van der Waals surface area contributed by atoms with Crippen molar-refractivity contribution in [1.29, 1.82) is 0 Å². The SMILES string of the molecule is O=C(C=Cc1ccc(CN(CCc2ccccc2F)C(=O)NC(=O)c2ccccc2)cc1)NO. The molecular weight excluding hydrogens is 437 g/mol. The smallest absolute Gasteiger partial charge is 0.320 e. The van der Waals surface area contributed by atoms with E-state index in [-0.39, 0.29) is 25.3 Å². The summed E-state index contributed by atoms with van der Waals surface area (Å²) in [6.45, 7) is 0.372. The van der Waals surface area contributed by atoms with Crippen LogP contribution in [0.25, 0.3) is 6.08 Å². The number of benzene rings is 3. The molecule has 0 aromatic heterocycles. The summed E-state index contributed by atoms with van der Waals surface area (Å²) in [7, 11) is 0. The topological polar surface area (TPSA) is 98.7 Å². The van der Waals surface area contributed by atoms with Gasteiger partial charge in [0, 0.05) is 24.7 Å². The molecule has 0 unspecified atom stereocenters. The summed E-state index contributed by atoms with van der Waals surface area (Å²) in [6, 6.07) is 21.2. The molecule has 0 spiro atoms. The van der Waals surface area contributed by atoms with E-state index in [0.717, 1.165) is 5.56 Å². The zero-order valence-electron chi connectivity index (χ0n) is 18.3. The highest BCUT2D eigenvalue weighted by atomic mass is 19.1. The summed E-state index contributed by atoms with van der Waals surface area (Å²) in [5, 5.41) is 10.9. The summed E-state index contributed by atoms with van der Waals surface area (Å²) in [6.07, 6.45) is 2.98. The van der Waals surface area contributed by atoms with E-state index in [1.165, 1.54) is 28.6 Å². The van der Waals surface area contributed by atoms with Gasteiger partial charge < -0.3 is 4.90 Å². The van der Waals surface area contributed by atoms with Gasteiger partial charge in [-0.1, -0.05) is 60.7 Å². The molecule has 0 aliphatic rings. The van der Waals surface area contributed by atoms with Crippen molar-refractivity contribution in [2.45, 2.75) is 13.0 Å². The quantitative estimate of drug-likeness (QED) is 0.269. The molecule has 3 N–H and O–H groups in total. The van der Waals surface area contributed by atoms with E-state index < -0.39 is 17.8 Å². The summed E-state index contributed by atoms with van der Waals surface area (Å²) < 4.78 is 14.1. The largest absolute Gasteiger partial charge is 0.324 e. The van der Waals surface area contributed by atoms with Gasteiger partial charge in [0.25, 0.3) is 11.8 Å². The number of hydrogen-bond acceptors (Lipinski definition) is 4. The van der Waals surface area contributed by atoms with Gasteiger partial charge in [-0.2, -0.15) is 0 Å². The maximum absolute atomic E-state index is 14.1. The second kappa shape index (κ2) is 12.1. The molecule has 7 nitrogen and oxygen atoms in total. The third-order valence-corrected chi connectivity index (χ3v) is 5.04. The van der Waals surface area contributed by atoms with Crippen molar-refractivity contribution >= 4 is 23.9 Å². The number of hydroxylamine groups is 1. The molecule has 3 aromatic rings. The zero-order chi connectivity index (χ0) is 24.3. The third kappa shape index (κ3) is 7.11. The van der Waals surface area contributed by atoms with Crippen molar-refractivity contribution in [2.75, 3.05) is 6.54 Å². The number of amides is 4. The Kier molecular flexibility index (Phi) is 8.65. The van der Waals surface area contributed by atoms with Crippen LogP contribution in [0.15, 0.2) is 84.9 Å². The lowest BCUT2D eigenvalue weighted by Crippen LogP contribution is -2.43. The van der Waals surface area contributed by atoms with Crippen LogP contribution in [0.3, 0.4) is 0 Å². The second-order valence-electron chi connectivity index (χ2n) is 7.44. The van der Waals surface area contributed by atoms with E-state index in [4.69, 9.17) is 5.21 Å². The van der Waals surface area contributed by atoms with Gasteiger partial charge in [-0.3, -0.25) is 20.1 Å². The summed E-state index contributed by atoms with van der Waals surface area (Å²) in [4.78, 5) is 38.0. The maximum atomic E-state index is 14.1. The molecule has 0 aliphatic heterocycles. The predicted octanol–water partition coefficient (Wildman–Crippen LogP) is 3.94. The Hall–Kier alpha value is -4.30. The number of nitrogens with one attached hydrogen (secondary N) is 2. The highest BCUT2D eigenvalue weighted by Gasteiger charge is 2.18. The van der Waals surface area contributed by atoms with Crippen LogP contribution < -0.4 is 10.8 Å².